The van der Waals surface area contributed by atoms with E-state index in [1.54, 1.807) is 0 Å². The zero-order valence-electron chi connectivity index (χ0n) is 9.12. The van der Waals surface area contributed by atoms with Gasteiger partial charge in [0.25, 0.3) is 0 Å². The molecule has 1 saturated heterocycles. The standard InChI is InChI=1S/C11H20O3/c1-3-5-6-9(4-2)7-14-11(12)10-8-13-10/h9-10H,3-8H2,1-2H3/t9-,10-/m0/s1. The third-order valence-electron chi connectivity index (χ3n) is 2.60. The van der Waals surface area contributed by atoms with Crippen LogP contribution in [0, 0.1) is 5.92 Å². The Morgan fingerprint density at radius 1 is 1.57 bits per heavy atom. The van der Waals surface area contributed by atoms with Crippen molar-refractivity contribution in [2.75, 3.05) is 13.2 Å². The van der Waals surface area contributed by atoms with E-state index in [1.807, 2.05) is 0 Å². The molecule has 0 amide bonds. The van der Waals surface area contributed by atoms with Gasteiger partial charge >= 0.3 is 5.97 Å². The Hall–Kier alpha value is -0.570. The topological polar surface area (TPSA) is 38.8 Å². The molecule has 1 aliphatic heterocycles. The second kappa shape index (κ2) is 6.02. The fourth-order valence-corrected chi connectivity index (χ4v) is 1.38. The minimum Gasteiger partial charge on any atom is -0.463 e. The molecular formula is C11H20O3. The van der Waals surface area contributed by atoms with Crippen LogP contribution in [0.1, 0.15) is 39.5 Å². The van der Waals surface area contributed by atoms with Gasteiger partial charge in [0.1, 0.15) is 0 Å². The zero-order valence-corrected chi connectivity index (χ0v) is 9.12. The second-order valence-electron chi connectivity index (χ2n) is 3.87. The van der Waals surface area contributed by atoms with Gasteiger partial charge in [0.05, 0.1) is 13.2 Å². The average molecular weight is 200 g/mol. The van der Waals surface area contributed by atoms with Crippen LogP contribution in [-0.2, 0) is 14.3 Å². The van der Waals surface area contributed by atoms with Crippen molar-refractivity contribution in [2.24, 2.45) is 5.92 Å². The fourth-order valence-electron chi connectivity index (χ4n) is 1.38. The molecule has 3 nitrogen and oxygen atoms in total. The van der Waals surface area contributed by atoms with Gasteiger partial charge in [0.15, 0.2) is 6.10 Å². The summed E-state index contributed by atoms with van der Waals surface area (Å²) >= 11 is 0. The van der Waals surface area contributed by atoms with Crippen molar-refractivity contribution in [3.63, 3.8) is 0 Å². The molecule has 0 N–H and O–H groups in total. The largest absolute Gasteiger partial charge is 0.463 e. The van der Waals surface area contributed by atoms with Crippen molar-refractivity contribution in [1.29, 1.82) is 0 Å². The third-order valence-corrected chi connectivity index (χ3v) is 2.60. The van der Waals surface area contributed by atoms with Crippen LogP contribution in [0.15, 0.2) is 0 Å². The van der Waals surface area contributed by atoms with Crippen LogP contribution in [0.4, 0.5) is 0 Å². The van der Waals surface area contributed by atoms with Crippen LogP contribution in [0.3, 0.4) is 0 Å². The third kappa shape index (κ3) is 4.09. The lowest BCUT2D eigenvalue weighted by Crippen LogP contribution is -2.17. The zero-order chi connectivity index (χ0) is 10.4. The van der Waals surface area contributed by atoms with E-state index in [9.17, 15) is 4.79 Å². The summed E-state index contributed by atoms with van der Waals surface area (Å²) in [6.07, 6.45) is 4.41. The number of epoxide rings is 1. The molecular weight excluding hydrogens is 180 g/mol. The van der Waals surface area contributed by atoms with Crippen LogP contribution in [0.2, 0.25) is 0 Å². The van der Waals surface area contributed by atoms with Crippen LogP contribution in [-0.4, -0.2) is 25.3 Å². The summed E-state index contributed by atoms with van der Waals surface area (Å²) in [5.41, 5.74) is 0. The Bertz CT molecular complexity index is 175. The maximum Gasteiger partial charge on any atom is 0.337 e. The Morgan fingerprint density at radius 2 is 2.29 bits per heavy atom. The van der Waals surface area contributed by atoms with Gasteiger partial charge in [0.2, 0.25) is 0 Å². The number of carbonyl (C=O) groups is 1. The van der Waals surface area contributed by atoms with E-state index in [0.29, 0.717) is 19.1 Å². The normalized spacial score (nSPS) is 21.7. The van der Waals surface area contributed by atoms with Crippen LogP contribution in [0.25, 0.3) is 0 Å². The van der Waals surface area contributed by atoms with Crippen molar-refractivity contribution >= 4 is 5.97 Å². The SMILES string of the molecule is CCCC[C@H](CC)COC(=O)[C@@H]1CO1. The van der Waals surface area contributed by atoms with Gasteiger partial charge in [-0.3, -0.25) is 0 Å². The quantitative estimate of drug-likeness (QED) is 0.467. The minimum atomic E-state index is -0.251. The molecule has 0 unspecified atom stereocenters. The lowest BCUT2D eigenvalue weighted by atomic mass is 10.0. The van der Waals surface area contributed by atoms with Gasteiger partial charge < -0.3 is 9.47 Å². The summed E-state index contributed by atoms with van der Waals surface area (Å²) in [7, 11) is 0. The van der Waals surface area contributed by atoms with Crippen LogP contribution in [0.5, 0.6) is 0 Å². The Kier molecular flexibility index (Phi) is 4.94. The Labute approximate surface area is 85.8 Å². The molecule has 0 aromatic heterocycles. The maximum atomic E-state index is 11.2. The monoisotopic (exact) mass is 200 g/mol. The number of hydrogen-bond donors (Lipinski definition) is 0. The maximum absolute atomic E-state index is 11.2. The molecule has 2 atom stereocenters. The van der Waals surface area contributed by atoms with E-state index < -0.39 is 0 Å². The molecule has 0 bridgehead atoms. The average Bonchev–Trinajstić information content (AvgIpc) is 3.01. The predicted molar refractivity (Wildman–Crippen MR) is 54.0 cm³/mol. The van der Waals surface area contributed by atoms with Gasteiger partial charge in [-0.1, -0.05) is 33.1 Å². The summed E-state index contributed by atoms with van der Waals surface area (Å²) < 4.78 is 9.99. The first-order valence-electron chi connectivity index (χ1n) is 5.56. The lowest BCUT2D eigenvalue weighted by molar-refractivity contribution is -0.146. The highest BCUT2D eigenvalue weighted by atomic mass is 16.6. The molecule has 0 aliphatic carbocycles. The molecule has 14 heavy (non-hydrogen) atoms. The Morgan fingerprint density at radius 3 is 2.79 bits per heavy atom. The molecule has 0 aromatic carbocycles. The number of carbonyl (C=O) groups excluding carboxylic acids is 1. The van der Waals surface area contributed by atoms with Gasteiger partial charge in [-0.25, -0.2) is 4.79 Å². The summed E-state index contributed by atoms with van der Waals surface area (Å²) in [4.78, 5) is 11.2. The number of rotatable bonds is 7. The Balaban J connectivity index is 2.09. The molecule has 1 aliphatic rings. The molecule has 1 fully saturated rings. The van der Waals surface area contributed by atoms with E-state index in [2.05, 4.69) is 13.8 Å². The molecule has 0 saturated carbocycles. The molecule has 1 heterocycles. The summed E-state index contributed by atoms with van der Waals surface area (Å²) in [5.74, 6) is 0.345. The predicted octanol–water partition coefficient (Wildman–Crippen LogP) is 2.14. The van der Waals surface area contributed by atoms with E-state index in [1.165, 1.54) is 12.8 Å². The molecule has 0 spiro atoms. The number of unbranched alkanes of at least 4 members (excludes halogenated alkanes) is 1. The van der Waals surface area contributed by atoms with Gasteiger partial charge in [-0.05, 0) is 12.3 Å². The number of ether oxygens (including phenoxy) is 2. The molecule has 1 rings (SSSR count). The minimum absolute atomic E-state index is 0.181. The van der Waals surface area contributed by atoms with Gasteiger partial charge in [-0.2, -0.15) is 0 Å². The molecule has 0 aromatic rings. The van der Waals surface area contributed by atoms with E-state index in [-0.39, 0.29) is 12.1 Å². The van der Waals surface area contributed by atoms with Crippen molar-refractivity contribution in [3.8, 4) is 0 Å². The highest BCUT2D eigenvalue weighted by Crippen LogP contribution is 2.15. The van der Waals surface area contributed by atoms with Gasteiger partial charge in [-0.15, -0.1) is 0 Å². The number of esters is 1. The molecule has 0 radical (unpaired) electrons. The van der Waals surface area contributed by atoms with Crippen molar-refractivity contribution < 1.29 is 14.3 Å². The van der Waals surface area contributed by atoms with Crippen LogP contribution < -0.4 is 0 Å². The first kappa shape index (κ1) is 11.5. The molecule has 82 valence electrons. The van der Waals surface area contributed by atoms with E-state index >= 15 is 0 Å². The highest BCUT2D eigenvalue weighted by Gasteiger charge is 2.33. The number of hydrogen-bond acceptors (Lipinski definition) is 3. The fraction of sp³-hybridized carbons (Fsp3) is 0.909. The van der Waals surface area contributed by atoms with Gasteiger partial charge in [0, 0.05) is 0 Å². The first-order valence-corrected chi connectivity index (χ1v) is 5.56. The summed E-state index contributed by atoms with van der Waals surface area (Å²) in [6, 6.07) is 0. The molecule has 3 heteroatoms. The summed E-state index contributed by atoms with van der Waals surface area (Å²) in [6.45, 7) is 5.43. The van der Waals surface area contributed by atoms with Crippen molar-refractivity contribution in [3.05, 3.63) is 0 Å². The second-order valence-corrected chi connectivity index (χ2v) is 3.87. The lowest BCUT2D eigenvalue weighted by Gasteiger charge is -2.13. The van der Waals surface area contributed by atoms with Crippen molar-refractivity contribution in [1.82, 2.24) is 0 Å². The van der Waals surface area contributed by atoms with E-state index in [0.717, 1.165) is 12.8 Å². The van der Waals surface area contributed by atoms with Crippen LogP contribution >= 0.6 is 0 Å². The van der Waals surface area contributed by atoms with E-state index in [4.69, 9.17) is 9.47 Å². The first-order chi connectivity index (χ1) is 6.77. The highest BCUT2D eigenvalue weighted by molar-refractivity contribution is 5.76. The van der Waals surface area contributed by atoms with Crippen molar-refractivity contribution in [2.45, 2.75) is 45.6 Å². The smallest absolute Gasteiger partial charge is 0.337 e. The summed E-state index contributed by atoms with van der Waals surface area (Å²) in [5, 5.41) is 0.